The van der Waals surface area contributed by atoms with E-state index in [1.54, 1.807) is 24.3 Å². The molecule has 5 nitrogen and oxygen atoms in total. The van der Waals surface area contributed by atoms with Crippen LogP contribution in [0.3, 0.4) is 0 Å². The van der Waals surface area contributed by atoms with Gasteiger partial charge in [0.05, 0.1) is 11.7 Å². The maximum Gasteiger partial charge on any atom is 0.137 e. The number of ether oxygens (including phenoxy) is 2. The van der Waals surface area contributed by atoms with Crippen LogP contribution in [0.15, 0.2) is 24.3 Å². The third-order valence-corrected chi connectivity index (χ3v) is 3.46. The molecule has 2 rings (SSSR count). The van der Waals surface area contributed by atoms with Gasteiger partial charge in [0.25, 0.3) is 0 Å². The van der Waals surface area contributed by atoms with Crippen molar-refractivity contribution < 1.29 is 14.6 Å². The fourth-order valence-corrected chi connectivity index (χ4v) is 2.31. The van der Waals surface area contributed by atoms with Crippen molar-refractivity contribution in [3.63, 3.8) is 0 Å². The maximum absolute atomic E-state index is 9.89. The molecule has 0 aromatic heterocycles. The number of nitrogens with zero attached hydrogens (tertiary/aromatic N) is 1. The van der Waals surface area contributed by atoms with Crippen LogP contribution >= 0.6 is 0 Å². The predicted octanol–water partition coefficient (Wildman–Crippen LogP) is 1.46. The van der Waals surface area contributed by atoms with Crippen LogP contribution in [0.4, 0.5) is 0 Å². The second-order valence-corrected chi connectivity index (χ2v) is 5.22. The summed E-state index contributed by atoms with van der Waals surface area (Å²) >= 11 is 0. The molecule has 0 radical (unpaired) electrons. The number of rotatable bonds is 7. The average Bonchev–Trinajstić information content (AvgIpc) is 2.54. The maximum atomic E-state index is 9.89. The highest BCUT2D eigenvalue weighted by atomic mass is 16.5. The number of hydrogen-bond donors (Lipinski definition) is 2. The van der Waals surface area contributed by atoms with Gasteiger partial charge in [-0.05, 0) is 31.4 Å². The first-order valence-corrected chi connectivity index (χ1v) is 7.42. The second kappa shape index (κ2) is 8.63. The van der Waals surface area contributed by atoms with Gasteiger partial charge in [-0.2, -0.15) is 5.26 Å². The Balaban J connectivity index is 1.65. The monoisotopic (exact) mass is 290 g/mol. The van der Waals surface area contributed by atoms with Crippen molar-refractivity contribution in [3.05, 3.63) is 29.8 Å². The van der Waals surface area contributed by atoms with Gasteiger partial charge in [-0.3, -0.25) is 0 Å². The lowest BCUT2D eigenvalue weighted by Gasteiger charge is -2.23. The summed E-state index contributed by atoms with van der Waals surface area (Å²) in [6.45, 7) is 2.21. The molecule has 0 amide bonds. The van der Waals surface area contributed by atoms with E-state index in [9.17, 15) is 5.11 Å². The van der Waals surface area contributed by atoms with Gasteiger partial charge in [0, 0.05) is 19.7 Å². The molecule has 0 saturated carbocycles. The van der Waals surface area contributed by atoms with Crippen molar-refractivity contribution in [3.8, 4) is 11.8 Å². The van der Waals surface area contributed by atoms with Gasteiger partial charge in [0.2, 0.25) is 0 Å². The van der Waals surface area contributed by atoms with Crippen molar-refractivity contribution in [1.82, 2.24) is 5.32 Å². The van der Waals surface area contributed by atoms with Crippen molar-refractivity contribution in [1.29, 1.82) is 5.26 Å². The van der Waals surface area contributed by atoms with E-state index in [1.165, 1.54) is 6.42 Å². The highest BCUT2D eigenvalue weighted by molar-refractivity contribution is 5.42. The number of aliphatic hydroxyl groups is 1. The largest absolute Gasteiger partial charge is 0.489 e. The summed E-state index contributed by atoms with van der Waals surface area (Å²) < 4.78 is 11.1. The van der Waals surface area contributed by atoms with E-state index in [1.807, 2.05) is 0 Å². The second-order valence-electron chi connectivity index (χ2n) is 5.22. The molecule has 1 heterocycles. The molecule has 1 aromatic rings. The number of nitriles is 1. The summed E-state index contributed by atoms with van der Waals surface area (Å²) in [5, 5.41) is 22.0. The topological polar surface area (TPSA) is 74.5 Å². The van der Waals surface area contributed by atoms with Gasteiger partial charge in [-0.1, -0.05) is 12.1 Å². The van der Waals surface area contributed by atoms with E-state index in [-0.39, 0.29) is 12.7 Å². The number of benzene rings is 1. The molecule has 2 atom stereocenters. The van der Waals surface area contributed by atoms with Crippen LogP contribution < -0.4 is 10.1 Å². The smallest absolute Gasteiger partial charge is 0.137 e. The lowest BCUT2D eigenvalue weighted by Crippen LogP contribution is -2.37. The Hall–Kier alpha value is -1.61. The highest BCUT2D eigenvalue weighted by Crippen LogP contribution is 2.16. The molecule has 1 fully saturated rings. The predicted molar refractivity (Wildman–Crippen MR) is 79.1 cm³/mol. The van der Waals surface area contributed by atoms with E-state index in [4.69, 9.17) is 14.7 Å². The summed E-state index contributed by atoms with van der Waals surface area (Å²) in [6, 6.07) is 9.08. The first kappa shape index (κ1) is 15.8. The summed E-state index contributed by atoms with van der Waals surface area (Å²) in [4.78, 5) is 0. The molecule has 0 bridgehead atoms. The van der Waals surface area contributed by atoms with Crippen LogP contribution in [-0.2, 0) is 4.74 Å². The average molecular weight is 290 g/mol. The Bertz CT molecular complexity index is 467. The number of para-hydroxylation sites is 1. The first-order chi connectivity index (χ1) is 10.3. The molecule has 2 unspecified atom stereocenters. The minimum Gasteiger partial charge on any atom is -0.489 e. The lowest BCUT2D eigenvalue weighted by atomic mass is 10.1. The van der Waals surface area contributed by atoms with Crippen molar-refractivity contribution in [2.75, 3.05) is 26.3 Å². The minimum absolute atomic E-state index is 0.164. The Morgan fingerprint density at radius 3 is 3.05 bits per heavy atom. The van der Waals surface area contributed by atoms with E-state index in [2.05, 4.69) is 11.4 Å². The zero-order valence-electron chi connectivity index (χ0n) is 12.1. The molecule has 2 N–H and O–H groups in total. The van der Waals surface area contributed by atoms with Crippen LogP contribution in [0.1, 0.15) is 24.8 Å². The molecule has 0 aliphatic carbocycles. The van der Waals surface area contributed by atoms with Crippen molar-refractivity contribution >= 4 is 0 Å². The summed E-state index contributed by atoms with van der Waals surface area (Å²) in [7, 11) is 0. The molecular formula is C16H22N2O3. The van der Waals surface area contributed by atoms with Gasteiger partial charge in [0.1, 0.15) is 24.5 Å². The summed E-state index contributed by atoms with van der Waals surface area (Å²) in [5.74, 6) is 0.509. The van der Waals surface area contributed by atoms with Gasteiger partial charge in [0.15, 0.2) is 0 Å². The normalized spacial score (nSPS) is 19.7. The molecule has 114 valence electrons. The van der Waals surface area contributed by atoms with Crippen LogP contribution in [-0.4, -0.2) is 43.6 Å². The SMILES string of the molecule is N#Cc1ccccc1OCC(O)CNCC1CCCCO1. The van der Waals surface area contributed by atoms with E-state index >= 15 is 0 Å². The van der Waals surface area contributed by atoms with E-state index in [0.717, 1.165) is 26.0 Å². The Morgan fingerprint density at radius 1 is 1.43 bits per heavy atom. The molecule has 0 spiro atoms. The number of nitrogens with one attached hydrogen (secondary N) is 1. The molecule has 1 aliphatic heterocycles. The van der Waals surface area contributed by atoms with Crippen molar-refractivity contribution in [2.24, 2.45) is 0 Å². The molecular weight excluding hydrogens is 268 g/mol. The fourth-order valence-electron chi connectivity index (χ4n) is 2.31. The standard InChI is InChI=1S/C16H22N2O3/c17-9-13-5-1-2-7-16(13)21-12-14(19)10-18-11-15-6-3-4-8-20-15/h1-2,5,7,14-15,18-19H,3-4,6,8,10-12H2. The van der Waals surface area contributed by atoms with Crippen LogP contribution in [0.5, 0.6) is 5.75 Å². The van der Waals surface area contributed by atoms with Gasteiger partial charge in [-0.15, -0.1) is 0 Å². The molecule has 21 heavy (non-hydrogen) atoms. The Labute approximate surface area is 125 Å². The summed E-state index contributed by atoms with van der Waals surface area (Å²) in [5.41, 5.74) is 0.480. The quantitative estimate of drug-likeness (QED) is 0.795. The van der Waals surface area contributed by atoms with E-state index < -0.39 is 6.10 Å². The van der Waals surface area contributed by atoms with Crippen molar-refractivity contribution in [2.45, 2.75) is 31.5 Å². The van der Waals surface area contributed by atoms with Gasteiger partial charge in [-0.25, -0.2) is 0 Å². The highest BCUT2D eigenvalue weighted by Gasteiger charge is 2.14. The summed E-state index contributed by atoms with van der Waals surface area (Å²) in [6.07, 6.45) is 3.08. The Kier molecular flexibility index (Phi) is 6.48. The third kappa shape index (κ3) is 5.35. The minimum atomic E-state index is -0.611. The lowest BCUT2D eigenvalue weighted by molar-refractivity contribution is 0.0141. The third-order valence-electron chi connectivity index (χ3n) is 3.46. The van der Waals surface area contributed by atoms with E-state index in [0.29, 0.717) is 17.9 Å². The van der Waals surface area contributed by atoms with Crippen LogP contribution in [0.25, 0.3) is 0 Å². The molecule has 1 saturated heterocycles. The number of hydrogen-bond acceptors (Lipinski definition) is 5. The van der Waals surface area contributed by atoms with Crippen LogP contribution in [0, 0.1) is 11.3 Å². The molecule has 1 aromatic carbocycles. The Morgan fingerprint density at radius 2 is 2.29 bits per heavy atom. The molecule has 1 aliphatic rings. The first-order valence-electron chi connectivity index (χ1n) is 7.42. The zero-order valence-corrected chi connectivity index (χ0v) is 12.1. The molecule has 5 heteroatoms. The fraction of sp³-hybridized carbons (Fsp3) is 0.562. The zero-order chi connectivity index (χ0) is 14.9. The van der Waals surface area contributed by atoms with Gasteiger partial charge >= 0.3 is 0 Å². The van der Waals surface area contributed by atoms with Crippen LogP contribution in [0.2, 0.25) is 0 Å². The number of aliphatic hydroxyl groups excluding tert-OH is 1. The van der Waals surface area contributed by atoms with Gasteiger partial charge < -0.3 is 19.9 Å².